The zero-order chi connectivity index (χ0) is 14.9. The van der Waals surface area contributed by atoms with Crippen LogP contribution in [0.5, 0.6) is 0 Å². The van der Waals surface area contributed by atoms with E-state index in [2.05, 4.69) is 43.0 Å². The Morgan fingerprint density at radius 3 is 1.95 bits per heavy atom. The second-order valence-corrected chi connectivity index (χ2v) is 4.76. The summed E-state index contributed by atoms with van der Waals surface area (Å²) in [4.78, 5) is 10.3. The lowest BCUT2D eigenvalue weighted by atomic mass is 10.1. The van der Waals surface area contributed by atoms with Crippen molar-refractivity contribution in [1.82, 2.24) is 0 Å². The average molecular weight is 276 g/mol. The van der Waals surface area contributed by atoms with Gasteiger partial charge >= 0.3 is 5.97 Å². The normalized spacial score (nSPS) is 11.8. The van der Waals surface area contributed by atoms with Crippen molar-refractivity contribution in [3.05, 3.63) is 49.1 Å². The first-order valence-corrected chi connectivity index (χ1v) is 7.55. The van der Waals surface area contributed by atoms with Gasteiger partial charge in [-0.05, 0) is 38.5 Å². The van der Waals surface area contributed by atoms with Gasteiger partial charge in [0.15, 0.2) is 0 Å². The van der Waals surface area contributed by atoms with Crippen molar-refractivity contribution in [2.45, 2.75) is 57.8 Å². The van der Waals surface area contributed by atoms with Crippen LogP contribution in [0.25, 0.3) is 0 Å². The van der Waals surface area contributed by atoms with Crippen LogP contribution in [0.15, 0.2) is 49.1 Å². The number of hydrogen-bond donors (Lipinski definition) is 1. The van der Waals surface area contributed by atoms with Gasteiger partial charge in [0.1, 0.15) is 0 Å². The van der Waals surface area contributed by atoms with Crippen LogP contribution in [0.1, 0.15) is 57.8 Å². The fraction of sp³-hybridized carbons (Fsp3) is 0.500. The molecule has 0 fully saturated rings. The maximum Gasteiger partial charge on any atom is 0.303 e. The maximum absolute atomic E-state index is 10.3. The Hall–Kier alpha value is -1.57. The lowest BCUT2D eigenvalue weighted by Gasteiger charge is -1.96. The summed E-state index contributed by atoms with van der Waals surface area (Å²) >= 11 is 0. The van der Waals surface area contributed by atoms with Crippen LogP contribution in [0.2, 0.25) is 0 Å². The van der Waals surface area contributed by atoms with E-state index in [1.807, 2.05) is 6.08 Å². The fourth-order valence-corrected chi connectivity index (χ4v) is 1.74. The van der Waals surface area contributed by atoms with Gasteiger partial charge in [0.05, 0.1) is 0 Å². The molecule has 0 saturated heterocycles. The quantitative estimate of drug-likeness (QED) is 0.359. The highest BCUT2D eigenvalue weighted by Gasteiger charge is 1.95. The molecule has 0 atom stereocenters. The largest absolute Gasteiger partial charge is 0.481 e. The first kappa shape index (κ1) is 18.4. The molecule has 0 aliphatic rings. The van der Waals surface area contributed by atoms with E-state index >= 15 is 0 Å². The van der Waals surface area contributed by atoms with Gasteiger partial charge in [-0.25, -0.2) is 0 Å². The van der Waals surface area contributed by atoms with E-state index in [9.17, 15) is 4.79 Å². The van der Waals surface area contributed by atoms with E-state index in [1.54, 1.807) is 0 Å². The van der Waals surface area contributed by atoms with E-state index in [-0.39, 0.29) is 0 Å². The van der Waals surface area contributed by atoms with Gasteiger partial charge < -0.3 is 5.11 Å². The van der Waals surface area contributed by atoms with Gasteiger partial charge in [-0.1, -0.05) is 55.4 Å². The summed E-state index contributed by atoms with van der Waals surface area (Å²) in [5.41, 5.74) is 0. The molecule has 0 spiro atoms. The predicted octanol–water partition coefficient (Wildman–Crippen LogP) is 5.44. The molecule has 0 heterocycles. The number of carboxylic acids is 1. The summed E-state index contributed by atoms with van der Waals surface area (Å²) in [7, 11) is 0. The molecule has 2 nitrogen and oxygen atoms in total. The topological polar surface area (TPSA) is 37.3 Å². The number of allylic oxidation sites excluding steroid dienone is 7. The molecule has 0 aromatic rings. The average Bonchev–Trinajstić information content (AvgIpc) is 2.43. The van der Waals surface area contributed by atoms with Gasteiger partial charge in [0.2, 0.25) is 0 Å². The summed E-state index contributed by atoms with van der Waals surface area (Å²) in [5, 5.41) is 8.49. The Morgan fingerprint density at radius 2 is 1.35 bits per heavy atom. The molecular formula is C18H28O2. The Morgan fingerprint density at radius 1 is 0.800 bits per heavy atom. The minimum atomic E-state index is -0.684. The van der Waals surface area contributed by atoms with Crippen molar-refractivity contribution < 1.29 is 9.90 Å². The first-order valence-electron chi connectivity index (χ1n) is 7.55. The number of rotatable bonds is 13. The minimum absolute atomic E-state index is 0.307. The SMILES string of the molecule is C=CCC=CCC=CC/C=C\CCCCCCC(=O)O. The summed E-state index contributed by atoms with van der Waals surface area (Å²) in [6, 6.07) is 0. The second kappa shape index (κ2) is 15.5. The highest BCUT2D eigenvalue weighted by atomic mass is 16.4. The van der Waals surface area contributed by atoms with Crippen LogP contribution in [0.3, 0.4) is 0 Å². The van der Waals surface area contributed by atoms with Crippen molar-refractivity contribution in [3.63, 3.8) is 0 Å². The molecule has 1 N–H and O–H groups in total. The molecule has 0 amide bonds. The highest BCUT2D eigenvalue weighted by molar-refractivity contribution is 5.66. The maximum atomic E-state index is 10.3. The van der Waals surface area contributed by atoms with E-state index < -0.39 is 5.97 Å². The smallest absolute Gasteiger partial charge is 0.303 e. The van der Waals surface area contributed by atoms with Gasteiger partial charge in [0.25, 0.3) is 0 Å². The molecule has 0 aromatic heterocycles. The third-order valence-electron chi connectivity index (χ3n) is 2.86. The fourth-order valence-electron chi connectivity index (χ4n) is 1.74. The molecule has 0 radical (unpaired) electrons. The molecule has 0 aliphatic carbocycles. The highest BCUT2D eigenvalue weighted by Crippen LogP contribution is 2.06. The molecule has 0 aromatic carbocycles. The molecule has 112 valence electrons. The minimum Gasteiger partial charge on any atom is -0.481 e. The Kier molecular flexibility index (Phi) is 14.3. The number of carboxylic acid groups (broad SMARTS) is 1. The van der Waals surface area contributed by atoms with E-state index in [4.69, 9.17) is 5.11 Å². The summed E-state index contributed by atoms with van der Waals surface area (Å²) in [6.07, 6.45) is 23.4. The molecule has 0 rings (SSSR count). The van der Waals surface area contributed by atoms with E-state index in [0.29, 0.717) is 6.42 Å². The van der Waals surface area contributed by atoms with Crippen LogP contribution in [0, 0.1) is 0 Å². The summed E-state index contributed by atoms with van der Waals surface area (Å²) in [6.45, 7) is 3.66. The zero-order valence-corrected chi connectivity index (χ0v) is 12.5. The van der Waals surface area contributed by atoms with Crippen LogP contribution in [-0.4, -0.2) is 11.1 Å². The van der Waals surface area contributed by atoms with Crippen LogP contribution in [0.4, 0.5) is 0 Å². The van der Waals surface area contributed by atoms with Gasteiger partial charge in [0, 0.05) is 6.42 Å². The Bertz CT molecular complexity index is 324. The number of aliphatic carboxylic acids is 1. The standard InChI is InChI=1S/C18H28O2/c1-2-3-4-5-6-7-8-9-10-11-12-13-14-15-16-17-18(19)20/h2,4-5,7-8,10-11H,1,3,6,9,12-17H2,(H,19,20)/b5-4?,8-7?,11-10-. The third-order valence-corrected chi connectivity index (χ3v) is 2.86. The van der Waals surface area contributed by atoms with Crippen molar-refractivity contribution in [3.8, 4) is 0 Å². The van der Waals surface area contributed by atoms with Crippen molar-refractivity contribution in [2.24, 2.45) is 0 Å². The molecule has 0 aliphatic heterocycles. The Balaban J connectivity index is 3.29. The monoisotopic (exact) mass is 276 g/mol. The second-order valence-electron chi connectivity index (χ2n) is 4.76. The zero-order valence-electron chi connectivity index (χ0n) is 12.5. The van der Waals surface area contributed by atoms with Gasteiger partial charge in [-0.3, -0.25) is 4.79 Å². The summed E-state index contributed by atoms with van der Waals surface area (Å²) < 4.78 is 0. The number of hydrogen-bond acceptors (Lipinski definition) is 1. The number of carbonyl (C=O) groups is 1. The molecule has 0 saturated carbocycles. The van der Waals surface area contributed by atoms with E-state index in [1.165, 1.54) is 0 Å². The van der Waals surface area contributed by atoms with Gasteiger partial charge in [-0.15, -0.1) is 6.58 Å². The third kappa shape index (κ3) is 16.4. The molecule has 2 heteroatoms. The van der Waals surface area contributed by atoms with Crippen LogP contribution in [-0.2, 0) is 4.79 Å². The Labute approximate surface area is 123 Å². The molecule has 20 heavy (non-hydrogen) atoms. The predicted molar refractivity (Wildman–Crippen MR) is 86.8 cm³/mol. The number of unbranched alkanes of at least 4 members (excludes halogenated alkanes) is 4. The molecule has 0 unspecified atom stereocenters. The van der Waals surface area contributed by atoms with Crippen LogP contribution < -0.4 is 0 Å². The van der Waals surface area contributed by atoms with Crippen LogP contribution >= 0.6 is 0 Å². The molecular weight excluding hydrogens is 248 g/mol. The van der Waals surface area contributed by atoms with Crippen molar-refractivity contribution >= 4 is 5.97 Å². The summed E-state index contributed by atoms with van der Waals surface area (Å²) in [5.74, 6) is -0.684. The lowest BCUT2D eigenvalue weighted by Crippen LogP contribution is -1.93. The first-order chi connectivity index (χ1) is 9.77. The molecule has 0 bridgehead atoms. The van der Waals surface area contributed by atoms with Crippen molar-refractivity contribution in [1.29, 1.82) is 0 Å². The van der Waals surface area contributed by atoms with Crippen molar-refractivity contribution in [2.75, 3.05) is 0 Å². The van der Waals surface area contributed by atoms with E-state index in [0.717, 1.165) is 51.4 Å². The van der Waals surface area contributed by atoms with Gasteiger partial charge in [-0.2, -0.15) is 0 Å². The lowest BCUT2D eigenvalue weighted by molar-refractivity contribution is -0.137.